The third-order valence-electron chi connectivity index (χ3n) is 3.49. The van der Waals surface area contributed by atoms with E-state index < -0.39 is 5.97 Å². The number of hydrogen-bond acceptors (Lipinski definition) is 3. The summed E-state index contributed by atoms with van der Waals surface area (Å²) in [6.07, 6.45) is 0. The Bertz CT molecular complexity index is 854. The van der Waals surface area contributed by atoms with E-state index in [-0.39, 0.29) is 0 Å². The Morgan fingerprint density at radius 3 is 2.35 bits per heavy atom. The number of nitrogens with zero attached hydrogens (tertiary/aromatic N) is 1. The number of rotatable bonds is 4. The molecule has 0 amide bonds. The fourth-order valence-corrected chi connectivity index (χ4v) is 2.40. The predicted molar refractivity (Wildman–Crippen MR) is 93.2 cm³/mol. The summed E-state index contributed by atoms with van der Waals surface area (Å²) in [6, 6.07) is 23.3. The fourth-order valence-electron chi connectivity index (χ4n) is 2.40. The maximum absolute atomic E-state index is 12.3. The molecule has 3 aromatic rings. The minimum atomic E-state index is -0.411. The molecule has 0 heterocycles. The zero-order valence-electron chi connectivity index (χ0n) is 12.9. The molecule has 0 aliphatic heterocycles. The van der Waals surface area contributed by atoms with Gasteiger partial charge in [0.25, 0.3) is 0 Å². The van der Waals surface area contributed by atoms with Gasteiger partial charge in [0.15, 0.2) is 5.71 Å². The van der Waals surface area contributed by atoms with Crippen LogP contribution in [0.4, 0.5) is 5.69 Å². The van der Waals surface area contributed by atoms with Crippen LogP contribution < -0.4 is 0 Å². The van der Waals surface area contributed by atoms with E-state index in [4.69, 9.17) is 4.74 Å². The van der Waals surface area contributed by atoms with Crippen LogP contribution in [-0.2, 0) is 9.53 Å². The summed E-state index contributed by atoms with van der Waals surface area (Å²) in [4.78, 5) is 16.8. The van der Waals surface area contributed by atoms with Crippen molar-refractivity contribution >= 4 is 28.1 Å². The molecule has 3 nitrogen and oxygen atoms in total. The number of para-hydroxylation sites is 1. The standard InChI is InChI=1S/C20H17NO2/c1-2-23-20(22)19(21-18-10-4-3-5-11-18)17-13-12-15-8-6-7-9-16(15)14-17/h3-14H,2H2,1H3. The van der Waals surface area contributed by atoms with Crippen LogP contribution in [0.1, 0.15) is 12.5 Å². The van der Waals surface area contributed by atoms with Crippen molar-refractivity contribution in [2.45, 2.75) is 6.92 Å². The lowest BCUT2D eigenvalue weighted by atomic mass is 10.0. The molecule has 0 atom stereocenters. The van der Waals surface area contributed by atoms with Crippen molar-refractivity contribution in [3.8, 4) is 0 Å². The SMILES string of the molecule is CCOC(=O)C(=Nc1ccccc1)c1ccc2ccccc2c1. The topological polar surface area (TPSA) is 38.7 Å². The molecule has 0 aromatic heterocycles. The van der Waals surface area contributed by atoms with E-state index in [0.717, 1.165) is 22.0 Å². The van der Waals surface area contributed by atoms with Gasteiger partial charge in [-0.3, -0.25) is 0 Å². The summed E-state index contributed by atoms with van der Waals surface area (Å²) >= 11 is 0. The number of benzene rings is 3. The lowest BCUT2D eigenvalue weighted by molar-refractivity contribution is -0.134. The molecular formula is C20H17NO2. The smallest absolute Gasteiger partial charge is 0.357 e. The van der Waals surface area contributed by atoms with Gasteiger partial charge < -0.3 is 4.74 Å². The second-order valence-corrected chi connectivity index (χ2v) is 5.08. The molecule has 0 spiro atoms. The Morgan fingerprint density at radius 2 is 1.61 bits per heavy atom. The van der Waals surface area contributed by atoms with Gasteiger partial charge in [-0.1, -0.05) is 54.6 Å². The van der Waals surface area contributed by atoms with Crippen LogP contribution in [0.25, 0.3) is 10.8 Å². The van der Waals surface area contributed by atoms with Crippen LogP contribution in [0.5, 0.6) is 0 Å². The number of esters is 1. The molecule has 0 radical (unpaired) electrons. The lowest BCUT2D eigenvalue weighted by Gasteiger charge is -2.08. The maximum atomic E-state index is 12.3. The molecule has 0 aliphatic carbocycles. The molecule has 0 aliphatic rings. The van der Waals surface area contributed by atoms with Gasteiger partial charge in [0.2, 0.25) is 0 Å². The first-order valence-corrected chi connectivity index (χ1v) is 7.58. The van der Waals surface area contributed by atoms with Gasteiger partial charge in [-0.15, -0.1) is 0 Å². The minimum absolute atomic E-state index is 0.320. The van der Waals surface area contributed by atoms with Crippen LogP contribution in [0.3, 0.4) is 0 Å². The van der Waals surface area contributed by atoms with E-state index >= 15 is 0 Å². The molecule has 3 rings (SSSR count). The molecule has 3 aromatic carbocycles. The fraction of sp³-hybridized carbons (Fsp3) is 0.100. The molecule has 0 unspecified atom stereocenters. The first-order valence-electron chi connectivity index (χ1n) is 7.58. The molecule has 0 N–H and O–H groups in total. The van der Waals surface area contributed by atoms with E-state index in [2.05, 4.69) is 4.99 Å². The van der Waals surface area contributed by atoms with Crippen molar-refractivity contribution in [1.82, 2.24) is 0 Å². The van der Waals surface area contributed by atoms with Gasteiger partial charge in [-0.05, 0) is 35.9 Å². The summed E-state index contributed by atoms with van der Waals surface area (Å²) in [7, 11) is 0. The molecule has 0 bridgehead atoms. The quantitative estimate of drug-likeness (QED) is 0.525. The number of fused-ring (bicyclic) bond motifs is 1. The van der Waals surface area contributed by atoms with Gasteiger partial charge in [0, 0.05) is 5.56 Å². The average molecular weight is 303 g/mol. The Hall–Kier alpha value is -2.94. The van der Waals surface area contributed by atoms with Crippen LogP contribution in [-0.4, -0.2) is 18.3 Å². The molecule has 23 heavy (non-hydrogen) atoms. The Balaban J connectivity index is 2.09. The maximum Gasteiger partial charge on any atom is 0.357 e. The van der Waals surface area contributed by atoms with Crippen LogP contribution in [0, 0.1) is 0 Å². The Kier molecular flexibility index (Phi) is 4.48. The van der Waals surface area contributed by atoms with Crippen molar-refractivity contribution in [3.05, 3.63) is 78.4 Å². The predicted octanol–water partition coefficient (Wildman–Crippen LogP) is 4.52. The Labute approximate surface area is 135 Å². The minimum Gasteiger partial charge on any atom is -0.461 e. The van der Waals surface area contributed by atoms with Crippen molar-refractivity contribution in [2.75, 3.05) is 6.61 Å². The van der Waals surface area contributed by atoms with Gasteiger partial charge in [-0.25, -0.2) is 9.79 Å². The number of carbonyl (C=O) groups is 1. The summed E-state index contributed by atoms with van der Waals surface area (Å²) in [5, 5.41) is 2.19. The van der Waals surface area contributed by atoms with Crippen molar-refractivity contribution in [2.24, 2.45) is 4.99 Å². The van der Waals surface area contributed by atoms with Crippen molar-refractivity contribution < 1.29 is 9.53 Å². The van der Waals surface area contributed by atoms with Crippen LogP contribution in [0.2, 0.25) is 0 Å². The van der Waals surface area contributed by atoms with E-state index in [1.165, 1.54) is 0 Å². The molecule has 114 valence electrons. The van der Waals surface area contributed by atoms with Gasteiger partial charge in [0.1, 0.15) is 0 Å². The second kappa shape index (κ2) is 6.88. The van der Waals surface area contributed by atoms with Crippen LogP contribution >= 0.6 is 0 Å². The van der Waals surface area contributed by atoms with E-state index in [1.54, 1.807) is 6.92 Å². The van der Waals surface area contributed by atoms with Crippen LogP contribution in [0.15, 0.2) is 77.8 Å². The summed E-state index contributed by atoms with van der Waals surface area (Å²) in [5.74, 6) is -0.411. The first-order chi connectivity index (χ1) is 11.3. The van der Waals surface area contributed by atoms with E-state index in [9.17, 15) is 4.79 Å². The van der Waals surface area contributed by atoms with Gasteiger partial charge >= 0.3 is 5.97 Å². The summed E-state index contributed by atoms with van der Waals surface area (Å²) < 4.78 is 5.17. The van der Waals surface area contributed by atoms with Crippen molar-refractivity contribution in [1.29, 1.82) is 0 Å². The zero-order chi connectivity index (χ0) is 16.1. The molecule has 0 fully saturated rings. The van der Waals surface area contributed by atoms with E-state index in [0.29, 0.717) is 12.3 Å². The van der Waals surface area contributed by atoms with Crippen molar-refractivity contribution in [3.63, 3.8) is 0 Å². The van der Waals surface area contributed by atoms with Gasteiger partial charge in [0.05, 0.1) is 12.3 Å². The van der Waals surface area contributed by atoms with E-state index in [1.807, 2.05) is 72.8 Å². The highest BCUT2D eigenvalue weighted by molar-refractivity contribution is 6.44. The lowest BCUT2D eigenvalue weighted by Crippen LogP contribution is -2.18. The Morgan fingerprint density at radius 1 is 0.913 bits per heavy atom. The third-order valence-corrected chi connectivity index (χ3v) is 3.49. The largest absolute Gasteiger partial charge is 0.461 e. The first kappa shape index (κ1) is 15.0. The number of aliphatic imine (C=N–C) groups is 1. The monoisotopic (exact) mass is 303 g/mol. The highest BCUT2D eigenvalue weighted by Crippen LogP contribution is 2.19. The number of hydrogen-bond donors (Lipinski definition) is 0. The summed E-state index contributed by atoms with van der Waals surface area (Å²) in [6.45, 7) is 2.11. The number of ether oxygens (including phenoxy) is 1. The third kappa shape index (κ3) is 3.46. The molecule has 0 saturated heterocycles. The molecule has 3 heteroatoms. The molecule has 0 saturated carbocycles. The number of carbonyl (C=O) groups excluding carboxylic acids is 1. The molecular weight excluding hydrogens is 286 g/mol. The average Bonchev–Trinajstić information content (AvgIpc) is 2.60. The highest BCUT2D eigenvalue weighted by atomic mass is 16.5. The summed E-state index contributed by atoms with van der Waals surface area (Å²) in [5.41, 5.74) is 1.80. The second-order valence-electron chi connectivity index (χ2n) is 5.08. The zero-order valence-corrected chi connectivity index (χ0v) is 12.9. The van der Waals surface area contributed by atoms with Gasteiger partial charge in [-0.2, -0.15) is 0 Å². The normalized spacial score (nSPS) is 11.4. The highest BCUT2D eigenvalue weighted by Gasteiger charge is 2.16.